The lowest BCUT2D eigenvalue weighted by molar-refractivity contribution is -0.147. The number of ether oxygens (including phenoxy) is 1. The first kappa shape index (κ1) is 21.5. The maximum Gasteiger partial charge on any atom is 0.306 e. The quantitative estimate of drug-likeness (QED) is 0.644. The third kappa shape index (κ3) is 5.68. The number of aryl methyl sites for hydroxylation is 2. The fourth-order valence-corrected chi connectivity index (χ4v) is 3.61. The molecule has 1 aliphatic rings. The van der Waals surface area contributed by atoms with E-state index in [1.165, 1.54) is 0 Å². The number of carbonyl (C=O) groups excluding carboxylic acids is 3. The van der Waals surface area contributed by atoms with Gasteiger partial charge in [-0.1, -0.05) is 30.1 Å². The van der Waals surface area contributed by atoms with Gasteiger partial charge in [-0.2, -0.15) is 0 Å². The van der Waals surface area contributed by atoms with Gasteiger partial charge >= 0.3 is 5.97 Å². The number of anilines is 1. The monoisotopic (exact) mass is 413 g/mol. The van der Waals surface area contributed by atoms with Gasteiger partial charge in [-0.05, 0) is 45.2 Å². The smallest absolute Gasteiger partial charge is 0.306 e. The number of nitrogens with zero attached hydrogens (tertiary/aromatic N) is 1. The van der Waals surface area contributed by atoms with E-state index in [9.17, 15) is 14.4 Å². The highest BCUT2D eigenvalue weighted by Gasteiger charge is 2.20. The van der Waals surface area contributed by atoms with Crippen LogP contribution in [0, 0.1) is 13.8 Å². The van der Waals surface area contributed by atoms with Crippen LogP contribution in [0.15, 0.2) is 28.8 Å². The number of hydrogen-bond donors (Lipinski definition) is 2. The van der Waals surface area contributed by atoms with Crippen LogP contribution in [0.1, 0.15) is 59.5 Å². The second-order valence-electron chi connectivity index (χ2n) is 7.51. The Morgan fingerprint density at radius 2 is 1.90 bits per heavy atom. The van der Waals surface area contributed by atoms with Crippen molar-refractivity contribution in [3.05, 3.63) is 46.8 Å². The van der Waals surface area contributed by atoms with E-state index >= 15 is 0 Å². The predicted molar refractivity (Wildman–Crippen MR) is 110 cm³/mol. The molecule has 1 aromatic heterocycles. The summed E-state index contributed by atoms with van der Waals surface area (Å²) in [6.07, 6.45) is 4.74. The first-order valence-electron chi connectivity index (χ1n) is 10.2. The Kier molecular flexibility index (Phi) is 7.21. The number of hydrogen-bond acceptors (Lipinski definition) is 6. The third-order valence-electron chi connectivity index (χ3n) is 5.26. The Hall–Kier alpha value is -3.16. The van der Waals surface area contributed by atoms with Gasteiger partial charge in [-0.25, -0.2) is 0 Å². The number of amides is 2. The zero-order valence-corrected chi connectivity index (χ0v) is 17.3. The lowest BCUT2D eigenvalue weighted by Gasteiger charge is -2.15. The predicted octanol–water partition coefficient (Wildman–Crippen LogP) is 3.08. The van der Waals surface area contributed by atoms with Crippen LogP contribution in [-0.2, 0) is 20.7 Å². The second-order valence-corrected chi connectivity index (χ2v) is 7.51. The molecule has 1 aromatic carbocycles. The van der Waals surface area contributed by atoms with Crippen molar-refractivity contribution in [3.63, 3.8) is 0 Å². The fraction of sp³-hybridized carbons (Fsp3) is 0.455. The highest BCUT2D eigenvalue weighted by atomic mass is 16.5. The van der Waals surface area contributed by atoms with Crippen molar-refractivity contribution < 1.29 is 23.6 Å². The van der Waals surface area contributed by atoms with Crippen LogP contribution in [0.4, 0.5) is 5.69 Å². The molecule has 0 aliphatic heterocycles. The van der Waals surface area contributed by atoms with Crippen molar-refractivity contribution in [1.82, 2.24) is 10.5 Å². The molecule has 0 spiro atoms. The lowest BCUT2D eigenvalue weighted by Crippen LogP contribution is -2.33. The van der Waals surface area contributed by atoms with Gasteiger partial charge in [0.05, 0.1) is 16.9 Å². The molecule has 0 radical (unpaired) electrons. The van der Waals surface area contributed by atoms with Crippen molar-refractivity contribution in [2.24, 2.45) is 0 Å². The van der Waals surface area contributed by atoms with E-state index in [-0.39, 0.29) is 18.4 Å². The Balaban J connectivity index is 1.48. The maximum atomic E-state index is 12.6. The Morgan fingerprint density at radius 1 is 1.17 bits per heavy atom. The molecule has 1 fully saturated rings. The van der Waals surface area contributed by atoms with E-state index in [2.05, 4.69) is 15.8 Å². The Bertz CT molecular complexity index is 896. The van der Waals surface area contributed by atoms with Gasteiger partial charge in [0.1, 0.15) is 5.76 Å². The molecule has 3 rings (SSSR count). The van der Waals surface area contributed by atoms with Crippen molar-refractivity contribution >= 4 is 23.5 Å². The van der Waals surface area contributed by atoms with Crippen LogP contribution in [-0.4, -0.2) is 35.6 Å². The SMILES string of the molecule is Cc1noc(C)c1CCC(=O)OCC(=O)Nc1ccccc1C(=O)NC1CCCC1. The van der Waals surface area contributed by atoms with Crippen molar-refractivity contribution in [1.29, 1.82) is 0 Å². The summed E-state index contributed by atoms with van der Waals surface area (Å²) in [5.41, 5.74) is 2.40. The van der Waals surface area contributed by atoms with Crippen LogP contribution < -0.4 is 10.6 Å². The standard InChI is InChI=1S/C22H27N3O5/c1-14-17(15(2)30-25-14)11-12-21(27)29-13-20(26)24-19-10-6-5-9-18(19)22(28)23-16-7-3-4-8-16/h5-6,9-10,16H,3-4,7-8,11-13H2,1-2H3,(H,23,28)(H,24,26). The molecule has 30 heavy (non-hydrogen) atoms. The van der Waals surface area contributed by atoms with Gasteiger partial charge < -0.3 is 19.9 Å². The molecule has 1 heterocycles. The molecule has 0 atom stereocenters. The number of para-hydroxylation sites is 1. The average Bonchev–Trinajstić information content (AvgIpc) is 3.35. The van der Waals surface area contributed by atoms with Crippen LogP contribution >= 0.6 is 0 Å². The number of benzene rings is 1. The minimum atomic E-state index is -0.498. The van der Waals surface area contributed by atoms with Crippen molar-refractivity contribution in [3.8, 4) is 0 Å². The van der Waals surface area contributed by atoms with E-state index in [0.29, 0.717) is 23.4 Å². The first-order valence-corrected chi connectivity index (χ1v) is 10.2. The molecule has 0 saturated heterocycles. The summed E-state index contributed by atoms with van der Waals surface area (Å²) in [5.74, 6) is -0.529. The number of rotatable bonds is 8. The van der Waals surface area contributed by atoms with Gasteiger partial charge in [0.25, 0.3) is 11.8 Å². The van der Waals surface area contributed by atoms with E-state index in [0.717, 1.165) is 36.9 Å². The number of esters is 1. The van der Waals surface area contributed by atoms with E-state index < -0.39 is 18.5 Å². The molecular weight excluding hydrogens is 386 g/mol. The van der Waals surface area contributed by atoms with Gasteiger partial charge in [-0.3, -0.25) is 14.4 Å². The summed E-state index contributed by atoms with van der Waals surface area (Å²) >= 11 is 0. The van der Waals surface area contributed by atoms with Gasteiger partial charge in [-0.15, -0.1) is 0 Å². The first-order chi connectivity index (χ1) is 14.4. The van der Waals surface area contributed by atoms with Crippen LogP contribution in [0.5, 0.6) is 0 Å². The molecule has 2 amide bonds. The highest BCUT2D eigenvalue weighted by Crippen LogP contribution is 2.20. The van der Waals surface area contributed by atoms with Crippen LogP contribution in [0.3, 0.4) is 0 Å². The molecule has 1 saturated carbocycles. The second kappa shape index (κ2) is 10.0. The van der Waals surface area contributed by atoms with E-state index in [1.54, 1.807) is 31.2 Å². The largest absolute Gasteiger partial charge is 0.456 e. The Morgan fingerprint density at radius 3 is 2.60 bits per heavy atom. The normalized spacial score (nSPS) is 13.8. The molecule has 8 heteroatoms. The molecular formula is C22H27N3O5. The minimum absolute atomic E-state index is 0.122. The number of nitrogens with one attached hydrogen (secondary N) is 2. The van der Waals surface area contributed by atoms with Crippen LogP contribution in [0.2, 0.25) is 0 Å². The van der Waals surface area contributed by atoms with Crippen LogP contribution in [0.25, 0.3) is 0 Å². The number of aromatic nitrogens is 1. The van der Waals surface area contributed by atoms with Gasteiger partial charge in [0.15, 0.2) is 6.61 Å². The van der Waals surface area contributed by atoms with E-state index in [1.807, 2.05) is 6.92 Å². The van der Waals surface area contributed by atoms with E-state index in [4.69, 9.17) is 9.26 Å². The molecule has 0 unspecified atom stereocenters. The zero-order valence-electron chi connectivity index (χ0n) is 17.3. The Labute approximate surface area is 175 Å². The molecule has 2 N–H and O–H groups in total. The van der Waals surface area contributed by atoms with Gasteiger partial charge in [0, 0.05) is 18.0 Å². The summed E-state index contributed by atoms with van der Waals surface area (Å²) in [5, 5.41) is 9.51. The zero-order chi connectivity index (χ0) is 21.5. The fourth-order valence-electron chi connectivity index (χ4n) is 3.61. The topological polar surface area (TPSA) is 111 Å². The summed E-state index contributed by atoms with van der Waals surface area (Å²) in [6, 6.07) is 6.97. The minimum Gasteiger partial charge on any atom is -0.456 e. The maximum absolute atomic E-state index is 12.6. The highest BCUT2D eigenvalue weighted by molar-refractivity contribution is 6.04. The molecule has 8 nitrogen and oxygen atoms in total. The molecule has 1 aliphatic carbocycles. The molecule has 0 bridgehead atoms. The summed E-state index contributed by atoms with van der Waals surface area (Å²) in [7, 11) is 0. The molecule has 2 aromatic rings. The summed E-state index contributed by atoms with van der Waals surface area (Å²) in [4.78, 5) is 36.8. The summed E-state index contributed by atoms with van der Waals surface area (Å²) in [6.45, 7) is 3.18. The van der Waals surface area contributed by atoms with Crippen molar-refractivity contribution in [2.45, 2.75) is 58.4 Å². The molecule has 160 valence electrons. The lowest BCUT2D eigenvalue weighted by atomic mass is 10.1. The number of carbonyl (C=O) groups is 3. The van der Waals surface area contributed by atoms with Crippen molar-refractivity contribution in [2.75, 3.05) is 11.9 Å². The summed E-state index contributed by atoms with van der Waals surface area (Å²) < 4.78 is 10.1. The van der Waals surface area contributed by atoms with Gasteiger partial charge in [0.2, 0.25) is 0 Å². The average molecular weight is 413 g/mol. The third-order valence-corrected chi connectivity index (χ3v) is 5.26.